The lowest BCUT2D eigenvalue weighted by Gasteiger charge is -2.15. The highest BCUT2D eigenvalue weighted by molar-refractivity contribution is 6.31. The van der Waals surface area contributed by atoms with E-state index in [1.807, 2.05) is 49.4 Å². The van der Waals surface area contributed by atoms with Gasteiger partial charge in [0.1, 0.15) is 18.1 Å². The number of benzene rings is 2. The monoisotopic (exact) mass is 439 g/mol. The Morgan fingerprint density at radius 3 is 2.68 bits per heavy atom. The summed E-state index contributed by atoms with van der Waals surface area (Å²) in [5.74, 6) is 1.43. The van der Waals surface area contributed by atoms with Crippen LogP contribution in [0.2, 0.25) is 5.02 Å². The second-order valence-electron chi connectivity index (χ2n) is 7.22. The highest BCUT2D eigenvalue weighted by atomic mass is 35.5. The Hall–Kier alpha value is -3.25. The minimum absolute atomic E-state index is 0.134. The van der Waals surface area contributed by atoms with Crippen LogP contribution in [0.1, 0.15) is 22.4 Å². The minimum Gasteiger partial charge on any atom is -0.496 e. The van der Waals surface area contributed by atoms with E-state index in [1.165, 1.54) is 6.08 Å². The predicted octanol–water partition coefficient (Wildman–Crippen LogP) is 4.64. The zero-order valence-corrected chi connectivity index (χ0v) is 18.9. The lowest BCUT2D eigenvalue weighted by molar-refractivity contribution is -0.125. The smallest absolute Gasteiger partial charge is 0.246 e. The zero-order chi connectivity index (χ0) is 22.4. The summed E-state index contributed by atoms with van der Waals surface area (Å²) in [5, 5.41) is 4.64. The van der Waals surface area contributed by atoms with Crippen LogP contribution < -0.4 is 9.47 Å². The highest BCUT2D eigenvalue weighted by Crippen LogP contribution is 2.24. The third-order valence-electron chi connectivity index (χ3n) is 4.97. The number of hydrogen-bond donors (Lipinski definition) is 0. The summed E-state index contributed by atoms with van der Waals surface area (Å²) < 4.78 is 13.1. The number of hydrogen-bond acceptors (Lipinski definition) is 4. The summed E-state index contributed by atoms with van der Waals surface area (Å²) in [7, 11) is 5.16. The Balaban J connectivity index is 1.69. The molecule has 0 spiro atoms. The van der Waals surface area contributed by atoms with Gasteiger partial charge in [0.05, 0.1) is 30.6 Å². The fourth-order valence-corrected chi connectivity index (χ4v) is 3.33. The summed E-state index contributed by atoms with van der Waals surface area (Å²) in [6, 6.07) is 13.6. The summed E-state index contributed by atoms with van der Waals surface area (Å²) in [5.41, 5.74) is 3.63. The molecule has 0 fully saturated rings. The van der Waals surface area contributed by atoms with E-state index < -0.39 is 0 Å². The van der Waals surface area contributed by atoms with E-state index in [9.17, 15) is 4.79 Å². The topological polar surface area (TPSA) is 56.6 Å². The van der Waals surface area contributed by atoms with Crippen molar-refractivity contribution < 1.29 is 14.3 Å². The molecular weight excluding hydrogens is 414 g/mol. The van der Waals surface area contributed by atoms with Crippen LogP contribution in [0.25, 0.3) is 6.08 Å². The maximum absolute atomic E-state index is 12.5. The molecular formula is C24H26ClN3O3. The standard InChI is InChI=1S/C24H26ClN3O3/c1-17-7-5-6-8-22(17)31-16-19-13-18(9-11-23(19)30-4)10-12-24(29)27(2)15-21-20(25)14-26-28(21)3/h5-14H,15-16H2,1-4H3/b12-10+. The molecule has 1 amide bonds. The van der Waals surface area contributed by atoms with Gasteiger partial charge in [-0.1, -0.05) is 35.9 Å². The van der Waals surface area contributed by atoms with Crippen LogP contribution in [-0.4, -0.2) is 34.7 Å². The molecule has 0 N–H and O–H groups in total. The van der Waals surface area contributed by atoms with Gasteiger partial charge in [-0.25, -0.2) is 0 Å². The van der Waals surface area contributed by atoms with Crippen molar-refractivity contribution in [2.75, 3.05) is 14.2 Å². The van der Waals surface area contributed by atoms with Crippen molar-refractivity contribution in [2.45, 2.75) is 20.1 Å². The Morgan fingerprint density at radius 1 is 1.23 bits per heavy atom. The maximum Gasteiger partial charge on any atom is 0.246 e. The van der Waals surface area contributed by atoms with Crippen molar-refractivity contribution in [3.8, 4) is 11.5 Å². The molecule has 0 saturated carbocycles. The molecule has 0 radical (unpaired) electrons. The van der Waals surface area contributed by atoms with Gasteiger partial charge in [-0.05, 0) is 42.3 Å². The normalized spacial score (nSPS) is 11.0. The lowest BCUT2D eigenvalue weighted by Crippen LogP contribution is -2.25. The molecule has 1 heterocycles. The van der Waals surface area contributed by atoms with Crippen LogP contribution >= 0.6 is 11.6 Å². The van der Waals surface area contributed by atoms with Crippen LogP contribution in [0.15, 0.2) is 54.7 Å². The number of carbonyl (C=O) groups excluding carboxylic acids is 1. The summed E-state index contributed by atoms with van der Waals surface area (Å²) in [4.78, 5) is 14.1. The van der Waals surface area contributed by atoms with Crippen LogP contribution in [-0.2, 0) is 25.0 Å². The van der Waals surface area contributed by atoms with Gasteiger partial charge in [0, 0.05) is 25.7 Å². The molecule has 0 saturated heterocycles. The van der Waals surface area contributed by atoms with Gasteiger partial charge in [0.25, 0.3) is 0 Å². The van der Waals surface area contributed by atoms with Gasteiger partial charge in [-0.2, -0.15) is 5.10 Å². The van der Waals surface area contributed by atoms with E-state index in [0.717, 1.165) is 33.9 Å². The molecule has 1 aromatic heterocycles. The average Bonchev–Trinajstić information content (AvgIpc) is 3.08. The van der Waals surface area contributed by atoms with Gasteiger partial charge in [-0.3, -0.25) is 9.48 Å². The van der Waals surface area contributed by atoms with E-state index in [2.05, 4.69) is 5.10 Å². The molecule has 0 unspecified atom stereocenters. The van der Waals surface area contributed by atoms with Gasteiger partial charge >= 0.3 is 0 Å². The second-order valence-corrected chi connectivity index (χ2v) is 7.62. The quantitative estimate of drug-likeness (QED) is 0.480. The van der Waals surface area contributed by atoms with Crippen LogP contribution in [0.4, 0.5) is 0 Å². The summed E-state index contributed by atoms with van der Waals surface area (Å²) in [6.07, 6.45) is 4.89. The lowest BCUT2D eigenvalue weighted by atomic mass is 10.1. The van der Waals surface area contributed by atoms with E-state index in [1.54, 1.807) is 43.1 Å². The van der Waals surface area contributed by atoms with Gasteiger partial charge < -0.3 is 14.4 Å². The Labute approximate surface area is 187 Å². The minimum atomic E-state index is -0.134. The van der Waals surface area contributed by atoms with Crippen molar-refractivity contribution in [2.24, 2.45) is 7.05 Å². The molecule has 0 aliphatic heterocycles. The molecule has 6 nitrogen and oxygen atoms in total. The first-order chi connectivity index (χ1) is 14.9. The number of rotatable bonds is 8. The predicted molar refractivity (Wildman–Crippen MR) is 122 cm³/mol. The summed E-state index contributed by atoms with van der Waals surface area (Å²) >= 11 is 6.13. The summed E-state index contributed by atoms with van der Waals surface area (Å²) in [6.45, 7) is 2.74. The number of aryl methyl sites for hydroxylation is 2. The first kappa shape index (κ1) is 22.4. The Kier molecular flexibility index (Phi) is 7.36. The Morgan fingerprint density at radius 2 is 2.00 bits per heavy atom. The number of para-hydroxylation sites is 1. The number of amides is 1. The third kappa shape index (κ3) is 5.67. The van der Waals surface area contributed by atoms with E-state index in [4.69, 9.17) is 21.1 Å². The van der Waals surface area contributed by atoms with Crippen molar-refractivity contribution in [1.29, 1.82) is 0 Å². The third-order valence-corrected chi connectivity index (χ3v) is 5.29. The van der Waals surface area contributed by atoms with E-state index in [0.29, 0.717) is 18.2 Å². The number of likely N-dealkylation sites (N-methyl/N-ethyl adjacent to an activating group) is 1. The van der Waals surface area contributed by atoms with Gasteiger partial charge in [0.15, 0.2) is 0 Å². The fraction of sp³-hybridized carbons (Fsp3) is 0.250. The number of carbonyl (C=O) groups is 1. The molecule has 162 valence electrons. The van der Waals surface area contributed by atoms with Crippen molar-refractivity contribution in [1.82, 2.24) is 14.7 Å². The van der Waals surface area contributed by atoms with Crippen molar-refractivity contribution in [3.05, 3.63) is 82.1 Å². The fourth-order valence-electron chi connectivity index (χ4n) is 3.10. The zero-order valence-electron chi connectivity index (χ0n) is 18.1. The number of methoxy groups -OCH3 is 1. The molecule has 3 aromatic rings. The molecule has 0 aliphatic rings. The molecule has 0 atom stereocenters. The average molecular weight is 440 g/mol. The van der Waals surface area contributed by atoms with E-state index in [-0.39, 0.29) is 5.91 Å². The molecule has 0 bridgehead atoms. The molecule has 31 heavy (non-hydrogen) atoms. The maximum atomic E-state index is 12.5. The second kappa shape index (κ2) is 10.2. The first-order valence-electron chi connectivity index (χ1n) is 9.84. The largest absolute Gasteiger partial charge is 0.496 e. The Bertz CT molecular complexity index is 1070. The molecule has 0 aliphatic carbocycles. The molecule has 3 rings (SSSR count). The van der Waals surface area contributed by atoms with Crippen LogP contribution in [0.3, 0.4) is 0 Å². The molecule has 7 heteroatoms. The number of nitrogens with zero attached hydrogens (tertiary/aromatic N) is 3. The first-order valence-corrected chi connectivity index (χ1v) is 10.2. The number of aromatic nitrogens is 2. The van der Waals surface area contributed by atoms with Crippen LogP contribution in [0.5, 0.6) is 11.5 Å². The number of ether oxygens (including phenoxy) is 2. The van der Waals surface area contributed by atoms with Crippen LogP contribution in [0, 0.1) is 6.92 Å². The van der Waals surface area contributed by atoms with Crippen molar-refractivity contribution in [3.63, 3.8) is 0 Å². The highest BCUT2D eigenvalue weighted by Gasteiger charge is 2.12. The SMILES string of the molecule is COc1ccc(/C=C/C(=O)N(C)Cc2c(Cl)cnn2C)cc1COc1ccccc1C. The van der Waals surface area contributed by atoms with E-state index >= 15 is 0 Å². The van der Waals surface area contributed by atoms with Gasteiger partial charge in [0.2, 0.25) is 5.91 Å². The van der Waals surface area contributed by atoms with Crippen molar-refractivity contribution >= 4 is 23.6 Å². The molecule has 2 aromatic carbocycles. The number of halogens is 1. The van der Waals surface area contributed by atoms with Gasteiger partial charge in [-0.15, -0.1) is 0 Å².